The quantitative estimate of drug-likeness (QED) is 0.706. The van der Waals surface area contributed by atoms with Crippen molar-refractivity contribution in [3.8, 4) is 0 Å². The first kappa shape index (κ1) is 9.38. The number of H-pyrrole nitrogens is 1. The van der Waals surface area contributed by atoms with E-state index in [1.165, 1.54) is 6.42 Å². The zero-order valence-electron chi connectivity index (χ0n) is 9.12. The van der Waals surface area contributed by atoms with Gasteiger partial charge in [-0.05, 0) is 26.2 Å². The van der Waals surface area contributed by atoms with E-state index in [0.717, 1.165) is 18.4 Å². The SMILES string of the molecule is CC1(Nc2ncc3[nH]c(N)nc3n2)CCC1. The summed E-state index contributed by atoms with van der Waals surface area (Å²) in [5.74, 6) is 0.998. The Morgan fingerprint density at radius 3 is 2.94 bits per heavy atom. The van der Waals surface area contributed by atoms with Crippen molar-refractivity contribution in [1.82, 2.24) is 19.9 Å². The smallest absolute Gasteiger partial charge is 0.225 e. The van der Waals surface area contributed by atoms with Crippen molar-refractivity contribution in [2.45, 2.75) is 31.7 Å². The van der Waals surface area contributed by atoms with E-state index in [1.807, 2.05) is 0 Å². The molecule has 2 heterocycles. The number of fused-ring (bicyclic) bond motifs is 1. The average Bonchev–Trinajstić information content (AvgIpc) is 2.55. The van der Waals surface area contributed by atoms with Crippen LogP contribution in [0.2, 0.25) is 0 Å². The highest BCUT2D eigenvalue weighted by molar-refractivity contribution is 5.72. The first-order valence-corrected chi connectivity index (χ1v) is 5.41. The molecule has 0 unspecified atom stereocenters. The van der Waals surface area contributed by atoms with Gasteiger partial charge < -0.3 is 16.0 Å². The van der Waals surface area contributed by atoms with E-state index in [4.69, 9.17) is 5.73 Å². The lowest BCUT2D eigenvalue weighted by Crippen LogP contribution is -2.42. The van der Waals surface area contributed by atoms with E-state index >= 15 is 0 Å². The number of nitrogen functional groups attached to an aromatic ring is 1. The normalized spacial score (nSPS) is 18.3. The topological polar surface area (TPSA) is 92.5 Å². The van der Waals surface area contributed by atoms with Gasteiger partial charge in [-0.15, -0.1) is 0 Å². The van der Waals surface area contributed by atoms with Crippen LogP contribution >= 0.6 is 0 Å². The summed E-state index contributed by atoms with van der Waals surface area (Å²) in [6.45, 7) is 2.18. The van der Waals surface area contributed by atoms with Crippen molar-refractivity contribution in [1.29, 1.82) is 0 Å². The van der Waals surface area contributed by atoms with Crippen LogP contribution < -0.4 is 11.1 Å². The molecule has 0 radical (unpaired) electrons. The molecule has 0 aliphatic heterocycles. The van der Waals surface area contributed by atoms with E-state index < -0.39 is 0 Å². The van der Waals surface area contributed by atoms with Crippen LogP contribution in [-0.4, -0.2) is 25.5 Å². The lowest BCUT2D eigenvalue weighted by atomic mass is 9.79. The Bertz CT molecular complexity index is 527. The first-order valence-electron chi connectivity index (χ1n) is 5.41. The van der Waals surface area contributed by atoms with E-state index in [1.54, 1.807) is 6.20 Å². The summed E-state index contributed by atoms with van der Waals surface area (Å²) in [5.41, 5.74) is 7.07. The molecule has 1 saturated carbocycles. The monoisotopic (exact) mass is 218 g/mol. The van der Waals surface area contributed by atoms with Crippen molar-refractivity contribution in [2.75, 3.05) is 11.1 Å². The molecule has 2 aromatic heterocycles. The molecule has 3 rings (SSSR count). The van der Waals surface area contributed by atoms with Gasteiger partial charge in [0.05, 0.1) is 6.20 Å². The number of hydrogen-bond acceptors (Lipinski definition) is 5. The van der Waals surface area contributed by atoms with Gasteiger partial charge >= 0.3 is 0 Å². The molecule has 6 heteroatoms. The number of hydrogen-bond donors (Lipinski definition) is 3. The summed E-state index contributed by atoms with van der Waals surface area (Å²) in [5, 5.41) is 3.34. The highest BCUT2D eigenvalue weighted by Gasteiger charge is 2.32. The number of anilines is 2. The number of nitrogens with zero attached hydrogens (tertiary/aromatic N) is 3. The van der Waals surface area contributed by atoms with Crippen molar-refractivity contribution < 1.29 is 0 Å². The Morgan fingerprint density at radius 1 is 1.44 bits per heavy atom. The van der Waals surface area contributed by atoms with Crippen molar-refractivity contribution in [3.63, 3.8) is 0 Å². The molecule has 2 aromatic rings. The highest BCUT2D eigenvalue weighted by Crippen LogP contribution is 2.33. The predicted octanol–water partition coefficient (Wildman–Crippen LogP) is 1.29. The molecule has 0 atom stereocenters. The van der Waals surface area contributed by atoms with Gasteiger partial charge in [-0.25, -0.2) is 4.98 Å². The Hall–Kier alpha value is -1.85. The fourth-order valence-electron chi connectivity index (χ4n) is 1.99. The van der Waals surface area contributed by atoms with Crippen LogP contribution in [0.3, 0.4) is 0 Å². The molecule has 6 nitrogen and oxygen atoms in total. The number of rotatable bonds is 2. The van der Waals surface area contributed by atoms with Gasteiger partial charge in [-0.1, -0.05) is 0 Å². The van der Waals surface area contributed by atoms with E-state index in [-0.39, 0.29) is 5.54 Å². The fraction of sp³-hybridized carbons (Fsp3) is 0.500. The zero-order chi connectivity index (χ0) is 11.2. The van der Waals surface area contributed by atoms with Crippen LogP contribution in [0.15, 0.2) is 6.20 Å². The third-order valence-corrected chi connectivity index (χ3v) is 3.13. The minimum atomic E-state index is 0.148. The first-order chi connectivity index (χ1) is 7.65. The molecule has 0 bridgehead atoms. The van der Waals surface area contributed by atoms with Gasteiger partial charge in [-0.3, -0.25) is 0 Å². The summed E-state index contributed by atoms with van der Waals surface area (Å²) < 4.78 is 0. The summed E-state index contributed by atoms with van der Waals surface area (Å²) in [6.07, 6.45) is 5.30. The molecule has 1 fully saturated rings. The van der Waals surface area contributed by atoms with Gasteiger partial charge in [0.1, 0.15) is 5.52 Å². The molecule has 0 spiro atoms. The second kappa shape index (κ2) is 3.07. The van der Waals surface area contributed by atoms with Crippen LogP contribution in [0.25, 0.3) is 11.2 Å². The van der Waals surface area contributed by atoms with Crippen molar-refractivity contribution >= 4 is 23.1 Å². The van der Waals surface area contributed by atoms with Gasteiger partial charge in [0.2, 0.25) is 5.95 Å². The average molecular weight is 218 g/mol. The molecule has 4 N–H and O–H groups in total. The van der Waals surface area contributed by atoms with E-state index in [9.17, 15) is 0 Å². The molecule has 16 heavy (non-hydrogen) atoms. The predicted molar refractivity (Wildman–Crippen MR) is 62.0 cm³/mol. The van der Waals surface area contributed by atoms with Crippen LogP contribution in [0, 0.1) is 0 Å². The second-order valence-corrected chi connectivity index (χ2v) is 4.59. The van der Waals surface area contributed by atoms with Gasteiger partial charge in [0.25, 0.3) is 0 Å². The van der Waals surface area contributed by atoms with Gasteiger partial charge in [-0.2, -0.15) is 9.97 Å². The Kier molecular flexibility index (Phi) is 1.80. The molecule has 0 amide bonds. The minimum absolute atomic E-state index is 0.148. The zero-order valence-corrected chi connectivity index (χ0v) is 9.12. The Balaban J connectivity index is 1.92. The van der Waals surface area contributed by atoms with E-state index in [0.29, 0.717) is 17.5 Å². The third kappa shape index (κ3) is 1.46. The van der Waals surface area contributed by atoms with Gasteiger partial charge in [0.15, 0.2) is 11.6 Å². The number of nitrogens with two attached hydrogens (primary N) is 1. The molecular formula is C10H14N6. The maximum Gasteiger partial charge on any atom is 0.225 e. The molecule has 1 aliphatic carbocycles. The Labute approximate surface area is 92.7 Å². The second-order valence-electron chi connectivity index (χ2n) is 4.59. The number of imidazole rings is 1. The molecular weight excluding hydrogens is 204 g/mol. The minimum Gasteiger partial charge on any atom is -0.369 e. The molecule has 0 aromatic carbocycles. The van der Waals surface area contributed by atoms with Crippen LogP contribution in [0.4, 0.5) is 11.9 Å². The Morgan fingerprint density at radius 2 is 2.25 bits per heavy atom. The standard InChI is InChI=1S/C10H14N6/c1-10(3-2-4-10)16-9-12-5-6-7(15-9)14-8(11)13-6/h5H,2-4H2,1H3,(H4,11,12,13,14,15,16). The molecule has 0 saturated heterocycles. The van der Waals surface area contributed by atoms with Crippen molar-refractivity contribution in [2.24, 2.45) is 0 Å². The third-order valence-electron chi connectivity index (χ3n) is 3.13. The maximum atomic E-state index is 5.55. The summed E-state index contributed by atoms with van der Waals surface area (Å²) in [7, 11) is 0. The lowest BCUT2D eigenvalue weighted by Gasteiger charge is -2.39. The summed E-state index contributed by atoms with van der Waals surface area (Å²) in [4.78, 5) is 15.5. The number of nitrogens with one attached hydrogen (secondary N) is 2. The number of aromatic amines is 1. The fourth-order valence-corrected chi connectivity index (χ4v) is 1.99. The van der Waals surface area contributed by atoms with Crippen LogP contribution in [0.1, 0.15) is 26.2 Å². The van der Waals surface area contributed by atoms with Gasteiger partial charge in [0, 0.05) is 5.54 Å². The van der Waals surface area contributed by atoms with Crippen LogP contribution in [0.5, 0.6) is 0 Å². The number of aromatic nitrogens is 4. The van der Waals surface area contributed by atoms with Crippen LogP contribution in [-0.2, 0) is 0 Å². The summed E-state index contributed by atoms with van der Waals surface area (Å²) in [6, 6.07) is 0. The van der Waals surface area contributed by atoms with Crippen molar-refractivity contribution in [3.05, 3.63) is 6.20 Å². The molecule has 84 valence electrons. The largest absolute Gasteiger partial charge is 0.369 e. The maximum absolute atomic E-state index is 5.55. The lowest BCUT2D eigenvalue weighted by molar-refractivity contribution is 0.305. The highest BCUT2D eigenvalue weighted by atomic mass is 15.2. The summed E-state index contributed by atoms with van der Waals surface area (Å²) >= 11 is 0. The molecule has 1 aliphatic rings. The van der Waals surface area contributed by atoms with E-state index in [2.05, 4.69) is 32.2 Å².